The number of benzene rings is 1. The molecule has 4 heterocycles. The Morgan fingerprint density at radius 2 is 2.00 bits per heavy atom. The Balaban J connectivity index is 1.44. The minimum Gasteiger partial charge on any atom is -0.399 e. The molecule has 2 aromatic heterocycles. The molecule has 2 aliphatic rings. The average molecular weight is 392 g/mol. The van der Waals surface area contributed by atoms with Gasteiger partial charge in [0.15, 0.2) is 5.82 Å². The summed E-state index contributed by atoms with van der Waals surface area (Å²) in [4.78, 5) is 12.1. The maximum Gasteiger partial charge on any atom is 0.227 e. The van der Waals surface area contributed by atoms with E-state index in [1.807, 2.05) is 42.1 Å². The monoisotopic (exact) mass is 391 g/mol. The number of rotatable bonds is 3. The highest BCUT2D eigenvalue weighted by Crippen LogP contribution is 2.30. The lowest BCUT2D eigenvalue weighted by Crippen LogP contribution is -2.43. The second-order valence-corrected chi connectivity index (χ2v) is 8.50. The summed E-state index contributed by atoms with van der Waals surface area (Å²) in [6.45, 7) is 6.42. The lowest BCUT2D eigenvalue weighted by atomic mass is 9.81. The van der Waals surface area contributed by atoms with Crippen LogP contribution in [0.1, 0.15) is 31.4 Å². The van der Waals surface area contributed by atoms with Crippen LogP contribution < -0.4 is 16.0 Å². The van der Waals surface area contributed by atoms with Gasteiger partial charge in [0.2, 0.25) is 5.95 Å². The minimum atomic E-state index is 0.720. The molecule has 0 aliphatic carbocycles. The summed E-state index contributed by atoms with van der Waals surface area (Å²) in [5.74, 6) is 3.13. The van der Waals surface area contributed by atoms with Gasteiger partial charge in [-0.15, -0.1) is 0 Å². The number of nitrogens with zero attached hydrogens (tertiary/aromatic N) is 5. The van der Waals surface area contributed by atoms with Gasteiger partial charge in [-0.1, -0.05) is 0 Å². The second-order valence-electron chi connectivity index (χ2n) is 8.50. The van der Waals surface area contributed by atoms with E-state index in [-0.39, 0.29) is 0 Å². The van der Waals surface area contributed by atoms with Crippen molar-refractivity contribution < 1.29 is 0 Å². The van der Waals surface area contributed by atoms with Gasteiger partial charge >= 0.3 is 0 Å². The normalized spacial score (nSPS) is 22.9. The van der Waals surface area contributed by atoms with E-state index < -0.39 is 0 Å². The zero-order valence-corrected chi connectivity index (χ0v) is 17.0. The number of piperidine rings is 2. The fraction of sp³-hybridized carbons (Fsp3) is 0.500. The van der Waals surface area contributed by atoms with Gasteiger partial charge < -0.3 is 16.0 Å². The third-order valence-corrected chi connectivity index (χ3v) is 6.38. The topological polar surface area (TPSA) is 84.9 Å². The van der Waals surface area contributed by atoms with Crippen LogP contribution in [-0.4, -0.2) is 45.9 Å². The molecule has 2 atom stereocenters. The molecule has 1 aromatic carbocycles. The highest BCUT2D eigenvalue weighted by Gasteiger charge is 2.29. The predicted molar refractivity (Wildman–Crippen MR) is 116 cm³/mol. The number of hydrogen-bond acceptors (Lipinski definition) is 6. The van der Waals surface area contributed by atoms with Crippen LogP contribution in [0, 0.1) is 18.8 Å². The zero-order chi connectivity index (χ0) is 19.8. The molecule has 3 N–H and O–H groups in total. The van der Waals surface area contributed by atoms with Gasteiger partial charge in [0.05, 0.1) is 11.7 Å². The van der Waals surface area contributed by atoms with Gasteiger partial charge in [0, 0.05) is 35.9 Å². The summed E-state index contributed by atoms with van der Waals surface area (Å²) in [7, 11) is 0. The summed E-state index contributed by atoms with van der Waals surface area (Å²) < 4.78 is 1.89. The number of nitrogen functional groups attached to an aromatic ring is 1. The molecule has 29 heavy (non-hydrogen) atoms. The van der Waals surface area contributed by atoms with Gasteiger partial charge in [-0.2, -0.15) is 10.1 Å². The van der Waals surface area contributed by atoms with E-state index in [2.05, 4.69) is 15.3 Å². The highest BCUT2D eigenvalue weighted by molar-refractivity contribution is 5.83. The van der Waals surface area contributed by atoms with Gasteiger partial charge in [-0.25, -0.2) is 9.67 Å². The highest BCUT2D eigenvalue weighted by atomic mass is 15.3. The molecule has 5 rings (SSSR count). The molecule has 152 valence electrons. The summed E-state index contributed by atoms with van der Waals surface area (Å²) in [5, 5.41) is 9.16. The average Bonchev–Trinajstić information content (AvgIpc) is 3.17. The molecular weight excluding hydrogens is 362 g/mol. The molecule has 2 saturated heterocycles. The van der Waals surface area contributed by atoms with E-state index >= 15 is 0 Å². The number of aromatic nitrogens is 4. The summed E-state index contributed by atoms with van der Waals surface area (Å²) >= 11 is 0. The van der Waals surface area contributed by atoms with E-state index in [0.717, 1.165) is 65.5 Å². The fourth-order valence-corrected chi connectivity index (χ4v) is 4.88. The van der Waals surface area contributed by atoms with Crippen LogP contribution in [-0.2, 0) is 0 Å². The van der Waals surface area contributed by atoms with E-state index in [1.54, 1.807) is 0 Å². The maximum atomic E-state index is 5.92. The Morgan fingerprint density at radius 3 is 2.86 bits per heavy atom. The molecule has 7 heteroatoms. The number of fused-ring (bicyclic) bond motifs is 1. The van der Waals surface area contributed by atoms with Crippen molar-refractivity contribution in [3.8, 4) is 5.82 Å². The third-order valence-electron chi connectivity index (χ3n) is 6.38. The van der Waals surface area contributed by atoms with E-state index in [4.69, 9.17) is 15.7 Å². The van der Waals surface area contributed by atoms with Crippen molar-refractivity contribution in [1.29, 1.82) is 0 Å². The van der Waals surface area contributed by atoms with Crippen LogP contribution >= 0.6 is 0 Å². The first kappa shape index (κ1) is 18.4. The van der Waals surface area contributed by atoms with Gasteiger partial charge in [0.1, 0.15) is 0 Å². The molecular formula is C22H29N7. The number of hydrogen-bond donors (Lipinski definition) is 2. The molecule has 0 amide bonds. The van der Waals surface area contributed by atoms with Crippen molar-refractivity contribution in [2.45, 2.75) is 32.6 Å². The van der Waals surface area contributed by atoms with Crippen LogP contribution in [0.25, 0.3) is 16.7 Å². The molecule has 7 nitrogen and oxygen atoms in total. The fourth-order valence-electron chi connectivity index (χ4n) is 4.88. The predicted octanol–water partition coefficient (Wildman–Crippen LogP) is 2.92. The first-order chi connectivity index (χ1) is 14.2. The number of anilines is 2. The quantitative estimate of drug-likeness (QED) is 0.668. The molecule has 2 aliphatic heterocycles. The van der Waals surface area contributed by atoms with Crippen molar-refractivity contribution in [3.63, 3.8) is 0 Å². The van der Waals surface area contributed by atoms with Crippen LogP contribution in [0.5, 0.6) is 0 Å². The lowest BCUT2D eigenvalue weighted by Gasteiger charge is -2.38. The van der Waals surface area contributed by atoms with Gasteiger partial charge in [-0.3, -0.25) is 0 Å². The molecule has 0 saturated carbocycles. The summed E-state index contributed by atoms with van der Waals surface area (Å²) in [6, 6.07) is 7.85. The molecule has 0 bridgehead atoms. The van der Waals surface area contributed by atoms with Gasteiger partial charge in [0.25, 0.3) is 0 Å². The van der Waals surface area contributed by atoms with Crippen LogP contribution in [0.4, 0.5) is 11.6 Å². The molecule has 3 aromatic rings. The molecule has 2 fully saturated rings. The zero-order valence-electron chi connectivity index (χ0n) is 17.0. The number of aryl methyl sites for hydroxylation is 1. The van der Waals surface area contributed by atoms with Crippen molar-refractivity contribution >= 4 is 22.5 Å². The molecule has 0 radical (unpaired) electrons. The van der Waals surface area contributed by atoms with Crippen LogP contribution in [0.2, 0.25) is 0 Å². The summed E-state index contributed by atoms with van der Waals surface area (Å²) in [5.41, 5.74) is 8.63. The second kappa shape index (κ2) is 7.63. The van der Waals surface area contributed by atoms with Crippen molar-refractivity contribution in [2.75, 3.05) is 36.8 Å². The first-order valence-electron chi connectivity index (χ1n) is 10.7. The third kappa shape index (κ3) is 3.67. The standard InChI is InChI=1S/C22H29N7/c1-15-10-21(29-20-7-6-19(23)11-18(20)13-25-29)27-22(26-15)28-9-3-5-17(14-28)16-4-2-8-24-12-16/h6-7,10-11,13,16-17,24H,2-5,8-9,12,14,23H2,1H3. The van der Waals surface area contributed by atoms with E-state index in [1.165, 1.54) is 32.2 Å². The smallest absolute Gasteiger partial charge is 0.227 e. The Labute approximate surface area is 171 Å². The van der Waals surface area contributed by atoms with Gasteiger partial charge in [-0.05, 0) is 75.7 Å². The Morgan fingerprint density at radius 1 is 1.10 bits per heavy atom. The molecule has 2 unspecified atom stereocenters. The number of nitrogens with one attached hydrogen (secondary N) is 1. The SMILES string of the molecule is Cc1cc(-n2ncc3cc(N)ccc32)nc(N2CCCC(C3CCCNC3)C2)n1. The Hall–Kier alpha value is -2.67. The van der Waals surface area contributed by atoms with E-state index in [0.29, 0.717) is 0 Å². The maximum absolute atomic E-state index is 5.92. The molecule has 0 spiro atoms. The van der Waals surface area contributed by atoms with Crippen molar-refractivity contribution in [1.82, 2.24) is 25.1 Å². The minimum absolute atomic E-state index is 0.720. The van der Waals surface area contributed by atoms with Crippen LogP contribution in [0.15, 0.2) is 30.5 Å². The first-order valence-corrected chi connectivity index (χ1v) is 10.7. The largest absolute Gasteiger partial charge is 0.399 e. The van der Waals surface area contributed by atoms with Crippen molar-refractivity contribution in [2.24, 2.45) is 11.8 Å². The summed E-state index contributed by atoms with van der Waals surface area (Å²) in [6.07, 6.45) is 7.00. The number of nitrogens with two attached hydrogens (primary N) is 1. The van der Waals surface area contributed by atoms with Crippen molar-refractivity contribution in [3.05, 3.63) is 36.2 Å². The Kier molecular flexibility index (Phi) is 4.83. The van der Waals surface area contributed by atoms with E-state index in [9.17, 15) is 0 Å². The lowest BCUT2D eigenvalue weighted by molar-refractivity contribution is 0.233. The Bertz CT molecular complexity index is 1010. The van der Waals surface area contributed by atoms with Crippen LogP contribution in [0.3, 0.4) is 0 Å².